The molecular formula is C11H21F3N2O2. The number of carboxylic acids is 1. The fourth-order valence-corrected chi connectivity index (χ4v) is 1.57. The molecule has 2 atom stereocenters. The molecule has 0 saturated heterocycles. The average molecular weight is 270 g/mol. The second-order valence-corrected chi connectivity index (χ2v) is 4.79. The fourth-order valence-electron chi connectivity index (χ4n) is 1.57. The Morgan fingerprint density at radius 2 is 1.94 bits per heavy atom. The van der Waals surface area contributed by atoms with Gasteiger partial charge in [-0.15, -0.1) is 0 Å². The molecule has 0 rings (SSSR count). The van der Waals surface area contributed by atoms with Crippen molar-refractivity contribution in [2.75, 3.05) is 20.6 Å². The zero-order chi connectivity index (χ0) is 14.6. The van der Waals surface area contributed by atoms with Crippen molar-refractivity contribution < 1.29 is 23.1 Å². The lowest BCUT2D eigenvalue weighted by atomic mass is 9.93. The van der Waals surface area contributed by atoms with E-state index in [9.17, 15) is 18.0 Å². The van der Waals surface area contributed by atoms with Crippen molar-refractivity contribution in [3.8, 4) is 0 Å². The predicted octanol–water partition coefficient (Wildman–Crippen LogP) is 1.71. The molecule has 0 fully saturated rings. The van der Waals surface area contributed by atoms with Crippen LogP contribution in [0.25, 0.3) is 0 Å². The van der Waals surface area contributed by atoms with Crippen LogP contribution in [0.5, 0.6) is 0 Å². The number of carbonyl (C=O) groups is 1. The molecule has 4 nitrogen and oxygen atoms in total. The van der Waals surface area contributed by atoms with E-state index in [1.54, 1.807) is 14.0 Å². The van der Waals surface area contributed by atoms with E-state index < -0.39 is 24.1 Å². The number of rotatable bonds is 7. The Balaban J connectivity index is 4.39. The number of hydrogen-bond acceptors (Lipinski definition) is 3. The van der Waals surface area contributed by atoms with Gasteiger partial charge in [-0.05, 0) is 34.4 Å². The Hall–Kier alpha value is -0.820. The zero-order valence-corrected chi connectivity index (χ0v) is 11.1. The molecule has 0 aromatic carbocycles. The van der Waals surface area contributed by atoms with Gasteiger partial charge in [-0.2, -0.15) is 13.2 Å². The summed E-state index contributed by atoms with van der Waals surface area (Å²) in [5.74, 6) is -1.01. The lowest BCUT2D eigenvalue weighted by Crippen LogP contribution is -2.51. The topological polar surface area (TPSA) is 52.6 Å². The third kappa shape index (κ3) is 5.68. The monoisotopic (exact) mass is 270 g/mol. The summed E-state index contributed by atoms with van der Waals surface area (Å²) < 4.78 is 36.2. The molecule has 2 unspecified atom stereocenters. The third-order valence-corrected chi connectivity index (χ3v) is 3.23. The average Bonchev–Trinajstić information content (AvgIpc) is 2.24. The van der Waals surface area contributed by atoms with Gasteiger partial charge in [-0.1, -0.05) is 0 Å². The molecule has 2 N–H and O–H groups in total. The molecule has 0 heterocycles. The molecule has 7 heteroatoms. The van der Waals surface area contributed by atoms with Crippen LogP contribution >= 0.6 is 0 Å². The summed E-state index contributed by atoms with van der Waals surface area (Å²) >= 11 is 0. The molecule has 18 heavy (non-hydrogen) atoms. The van der Waals surface area contributed by atoms with Crippen LogP contribution in [-0.4, -0.2) is 54.4 Å². The third-order valence-electron chi connectivity index (χ3n) is 3.23. The molecule has 108 valence electrons. The fraction of sp³-hybridized carbons (Fsp3) is 0.909. The summed E-state index contributed by atoms with van der Waals surface area (Å²) in [5, 5.41) is 11.7. The van der Waals surface area contributed by atoms with E-state index in [1.807, 2.05) is 0 Å². The molecule has 0 bridgehead atoms. The summed E-state index contributed by atoms with van der Waals surface area (Å²) in [6.07, 6.45) is -4.85. The molecule has 0 aromatic heterocycles. The quantitative estimate of drug-likeness (QED) is 0.739. The van der Waals surface area contributed by atoms with Gasteiger partial charge in [-0.3, -0.25) is 4.79 Å². The molecule has 0 radical (unpaired) electrons. The molecule has 0 aromatic rings. The maximum Gasteiger partial charge on any atom is 0.390 e. The van der Waals surface area contributed by atoms with Crippen LogP contribution in [0.4, 0.5) is 13.2 Å². The van der Waals surface area contributed by atoms with Crippen molar-refractivity contribution in [1.29, 1.82) is 0 Å². The summed E-state index contributed by atoms with van der Waals surface area (Å²) in [7, 11) is 3.09. The van der Waals surface area contributed by atoms with Gasteiger partial charge in [0.1, 0.15) is 5.54 Å². The first-order valence-corrected chi connectivity index (χ1v) is 5.71. The van der Waals surface area contributed by atoms with Crippen LogP contribution in [0.15, 0.2) is 0 Å². The maximum absolute atomic E-state index is 12.1. The number of halogens is 3. The Morgan fingerprint density at radius 3 is 2.28 bits per heavy atom. The Bertz CT molecular complexity index is 284. The SMILES string of the molecule is CNC(C)(CC(C)N(C)CCC(F)(F)F)C(=O)O. The molecule has 0 amide bonds. The number of likely N-dealkylation sites (N-methyl/N-ethyl adjacent to an activating group) is 1. The Morgan fingerprint density at radius 1 is 1.44 bits per heavy atom. The number of nitrogens with zero attached hydrogens (tertiary/aromatic N) is 1. The van der Waals surface area contributed by atoms with Crippen LogP contribution < -0.4 is 5.32 Å². The molecule has 0 saturated carbocycles. The van der Waals surface area contributed by atoms with Crippen molar-refractivity contribution >= 4 is 5.97 Å². The zero-order valence-electron chi connectivity index (χ0n) is 11.1. The highest BCUT2D eigenvalue weighted by molar-refractivity contribution is 5.78. The molecular weight excluding hydrogens is 249 g/mol. The Labute approximate surface area is 105 Å². The Kier molecular flexibility index (Phi) is 6.09. The molecule has 0 aliphatic rings. The first kappa shape index (κ1) is 17.2. The first-order valence-electron chi connectivity index (χ1n) is 5.71. The van der Waals surface area contributed by atoms with Crippen molar-refractivity contribution in [3.05, 3.63) is 0 Å². The number of aliphatic carboxylic acids is 1. The van der Waals surface area contributed by atoms with Gasteiger partial charge < -0.3 is 15.3 Å². The minimum Gasteiger partial charge on any atom is -0.480 e. The number of nitrogens with one attached hydrogen (secondary N) is 1. The van der Waals surface area contributed by atoms with Gasteiger partial charge in [0, 0.05) is 12.6 Å². The number of alkyl halides is 3. The van der Waals surface area contributed by atoms with Crippen LogP contribution in [0.3, 0.4) is 0 Å². The van der Waals surface area contributed by atoms with E-state index in [0.29, 0.717) is 0 Å². The van der Waals surface area contributed by atoms with E-state index in [2.05, 4.69) is 5.32 Å². The number of hydrogen-bond donors (Lipinski definition) is 2. The van der Waals surface area contributed by atoms with Crippen LogP contribution in [0.1, 0.15) is 26.7 Å². The highest BCUT2D eigenvalue weighted by atomic mass is 19.4. The van der Waals surface area contributed by atoms with Gasteiger partial charge in [0.2, 0.25) is 0 Å². The molecule has 0 aliphatic heterocycles. The predicted molar refractivity (Wildman–Crippen MR) is 62.5 cm³/mol. The lowest BCUT2D eigenvalue weighted by molar-refractivity contribution is -0.146. The van der Waals surface area contributed by atoms with E-state index in [0.717, 1.165) is 0 Å². The maximum atomic E-state index is 12.1. The van der Waals surface area contributed by atoms with Gasteiger partial charge in [0.05, 0.1) is 6.42 Å². The second kappa shape index (κ2) is 6.38. The lowest BCUT2D eigenvalue weighted by Gasteiger charge is -2.32. The van der Waals surface area contributed by atoms with Gasteiger partial charge in [0.15, 0.2) is 0 Å². The van der Waals surface area contributed by atoms with Crippen molar-refractivity contribution in [2.24, 2.45) is 0 Å². The van der Waals surface area contributed by atoms with Gasteiger partial charge >= 0.3 is 12.1 Å². The van der Waals surface area contributed by atoms with Crippen LogP contribution in [-0.2, 0) is 4.79 Å². The minimum absolute atomic E-state index is 0.135. The summed E-state index contributed by atoms with van der Waals surface area (Å²) in [6, 6.07) is -0.263. The van der Waals surface area contributed by atoms with Gasteiger partial charge in [0.25, 0.3) is 0 Å². The molecule has 0 spiro atoms. The van der Waals surface area contributed by atoms with Crippen molar-refractivity contribution in [3.63, 3.8) is 0 Å². The van der Waals surface area contributed by atoms with E-state index in [1.165, 1.54) is 18.9 Å². The van der Waals surface area contributed by atoms with Crippen molar-refractivity contribution in [2.45, 2.75) is 44.4 Å². The highest BCUT2D eigenvalue weighted by Crippen LogP contribution is 2.21. The smallest absolute Gasteiger partial charge is 0.390 e. The summed E-state index contributed by atoms with van der Waals surface area (Å²) in [6.45, 7) is 3.10. The van der Waals surface area contributed by atoms with Crippen LogP contribution in [0.2, 0.25) is 0 Å². The van der Waals surface area contributed by atoms with E-state index in [4.69, 9.17) is 5.11 Å². The molecule has 0 aliphatic carbocycles. The highest BCUT2D eigenvalue weighted by Gasteiger charge is 2.34. The minimum atomic E-state index is -4.19. The van der Waals surface area contributed by atoms with Crippen LogP contribution in [0, 0.1) is 0 Å². The summed E-state index contributed by atoms with van der Waals surface area (Å²) in [4.78, 5) is 12.6. The normalized spacial score (nSPS) is 17.6. The standard InChI is InChI=1S/C11H21F3N2O2/c1-8(7-10(2,15-3)9(17)18)16(4)6-5-11(12,13)14/h8,15H,5-7H2,1-4H3,(H,17,18). The second-order valence-electron chi connectivity index (χ2n) is 4.79. The summed E-state index contributed by atoms with van der Waals surface area (Å²) in [5.41, 5.74) is -1.13. The van der Waals surface area contributed by atoms with E-state index in [-0.39, 0.29) is 19.0 Å². The van der Waals surface area contributed by atoms with Crippen molar-refractivity contribution in [1.82, 2.24) is 10.2 Å². The number of carboxylic acid groups (broad SMARTS) is 1. The van der Waals surface area contributed by atoms with E-state index >= 15 is 0 Å². The first-order chi connectivity index (χ1) is 8.02. The largest absolute Gasteiger partial charge is 0.480 e. The van der Waals surface area contributed by atoms with Gasteiger partial charge in [-0.25, -0.2) is 0 Å².